The summed E-state index contributed by atoms with van der Waals surface area (Å²) in [5.74, 6) is 5.81. The molecule has 4 unspecified atom stereocenters. The van der Waals surface area contributed by atoms with Crippen molar-refractivity contribution in [3.8, 4) is 29.3 Å². The van der Waals surface area contributed by atoms with Gasteiger partial charge in [0.15, 0.2) is 11.5 Å². The molecule has 4 atom stereocenters. The summed E-state index contributed by atoms with van der Waals surface area (Å²) in [5.41, 5.74) is 6.98. The number of hydrogen-bond donors (Lipinski definition) is 3. The van der Waals surface area contributed by atoms with Gasteiger partial charge in [0.2, 0.25) is 0 Å². The number of carbonyl (C=O) groups excluding carboxylic acids is 1. The molecule has 5 aliphatic rings. The number of benzene rings is 4. The van der Waals surface area contributed by atoms with E-state index >= 15 is 0 Å². The number of carbonyl (C=O) groups is 1. The second kappa shape index (κ2) is 18.3. The maximum atomic E-state index is 13.9. The Balaban J connectivity index is 1.11. The molecule has 4 aromatic rings. The minimum atomic E-state index is -0.604. The first kappa shape index (κ1) is 41.1. The van der Waals surface area contributed by atoms with E-state index in [0.29, 0.717) is 37.4 Å². The first-order valence-electron chi connectivity index (χ1n) is 22.1. The molecule has 7 heteroatoms. The molecule has 4 aromatic carbocycles. The zero-order chi connectivity index (χ0) is 41.6. The average Bonchev–Trinajstić information content (AvgIpc) is 3.72. The van der Waals surface area contributed by atoms with E-state index in [0.717, 1.165) is 102 Å². The molecule has 1 fully saturated rings. The van der Waals surface area contributed by atoms with Gasteiger partial charge in [-0.15, -0.1) is 0 Å². The number of phenols is 1. The highest BCUT2D eigenvalue weighted by atomic mass is 16.5. The summed E-state index contributed by atoms with van der Waals surface area (Å²) in [7, 11) is 1.64. The number of aliphatic hydroxyl groups is 1. The number of Topliss-reactive ketones (excluding diaryl/α,β-unsaturated/α-hetero) is 1. The molecule has 7 nitrogen and oxygen atoms in total. The van der Waals surface area contributed by atoms with Gasteiger partial charge in [-0.2, -0.15) is 0 Å². The van der Waals surface area contributed by atoms with Crippen LogP contribution in [0, 0.1) is 23.9 Å². The van der Waals surface area contributed by atoms with Crippen LogP contribution in [-0.2, 0) is 34.4 Å². The van der Waals surface area contributed by atoms with Gasteiger partial charge in [-0.05, 0) is 151 Å². The lowest BCUT2D eigenvalue weighted by molar-refractivity contribution is -0.121. The Morgan fingerprint density at radius 3 is 2.67 bits per heavy atom. The number of ether oxygens (including phenoxy) is 3. The number of aromatic hydroxyl groups is 1. The number of nitrogens with one attached hydrogen (secondary N) is 1. The van der Waals surface area contributed by atoms with E-state index in [9.17, 15) is 15.0 Å². The van der Waals surface area contributed by atoms with Gasteiger partial charge in [0, 0.05) is 36.6 Å². The van der Waals surface area contributed by atoms with Crippen molar-refractivity contribution in [3.05, 3.63) is 124 Å². The predicted octanol–water partition coefficient (Wildman–Crippen LogP) is 11.8. The van der Waals surface area contributed by atoms with E-state index in [1.807, 2.05) is 36.4 Å². The quantitative estimate of drug-likeness (QED) is 0.108. The normalized spacial score (nSPS) is 22.0. The Morgan fingerprint density at radius 2 is 1.83 bits per heavy atom. The fourth-order valence-electron chi connectivity index (χ4n) is 10.1. The van der Waals surface area contributed by atoms with E-state index in [1.165, 1.54) is 5.56 Å². The lowest BCUT2D eigenvalue weighted by Gasteiger charge is -2.30. The van der Waals surface area contributed by atoms with E-state index in [4.69, 9.17) is 14.2 Å². The molecule has 2 aliphatic heterocycles. The number of ketones is 1. The maximum Gasteiger partial charge on any atom is 0.161 e. The van der Waals surface area contributed by atoms with Gasteiger partial charge in [-0.1, -0.05) is 74.7 Å². The minimum absolute atomic E-state index is 0.0104. The van der Waals surface area contributed by atoms with Gasteiger partial charge < -0.3 is 29.7 Å². The number of allylic oxidation sites excluding steroid dienone is 4. The monoisotopic (exact) mass is 805 g/mol. The zero-order valence-corrected chi connectivity index (χ0v) is 35.4. The molecule has 0 amide bonds. The van der Waals surface area contributed by atoms with Crippen LogP contribution in [0.25, 0.3) is 16.8 Å². The fourth-order valence-corrected chi connectivity index (χ4v) is 10.1. The number of phenolic OH excluding ortho intramolecular Hbond substituents is 1. The van der Waals surface area contributed by atoms with Crippen molar-refractivity contribution in [2.24, 2.45) is 11.8 Å². The maximum absolute atomic E-state index is 13.9. The van der Waals surface area contributed by atoms with Crippen molar-refractivity contribution in [1.29, 1.82) is 0 Å². The molecule has 0 aromatic heterocycles. The summed E-state index contributed by atoms with van der Waals surface area (Å²) in [5, 5.41) is 28.2. The van der Waals surface area contributed by atoms with E-state index in [1.54, 1.807) is 7.11 Å². The van der Waals surface area contributed by atoms with Gasteiger partial charge in [0.05, 0.1) is 12.5 Å². The summed E-state index contributed by atoms with van der Waals surface area (Å²) in [6.45, 7) is 5.51. The standard InChI is InChI=1S/C53H59NO6/c1-4-54-41-13-9-11-36(28-41)10-5-6-12-38-17-20-42(55)30-40(38)31-44-32-43(56)19-15-37-16-23-49(58-3)50(29-37)60-34-39-18-22-46-51-45(39)21-14-35(2)47(51)33-48(57)52(46)53(26-27-59-44)24-7-8-25-53/h9,11,13-14,16-18,20-23,28-30,33,35,38,40,44,54-55,57H,4-8,10,12,15,19,24-25,31-32,34H2,1-3H3. The summed E-state index contributed by atoms with van der Waals surface area (Å²) in [4.78, 5) is 13.9. The van der Waals surface area contributed by atoms with Crippen molar-refractivity contribution in [2.75, 3.05) is 19.0 Å². The van der Waals surface area contributed by atoms with Crippen molar-refractivity contribution < 1.29 is 29.2 Å². The Bertz CT molecular complexity index is 2370. The van der Waals surface area contributed by atoms with Crippen LogP contribution < -0.4 is 14.8 Å². The van der Waals surface area contributed by atoms with Crippen molar-refractivity contribution >= 4 is 28.3 Å². The molecule has 3 aliphatic carbocycles. The fraction of sp³-hybridized carbons (Fsp3) is 0.415. The molecule has 312 valence electrons. The topological polar surface area (TPSA) is 97.3 Å². The van der Waals surface area contributed by atoms with Crippen molar-refractivity contribution in [3.63, 3.8) is 0 Å². The Morgan fingerprint density at radius 1 is 0.967 bits per heavy atom. The van der Waals surface area contributed by atoms with Crippen LogP contribution in [0.3, 0.4) is 0 Å². The van der Waals surface area contributed by atoms with Gasteiger partial charge in [-0.3, -0.25) is 4.79 Å². The first-order valence-corrected chi connectivity index (χ1v) is 22.1. The third-order valence-corrected chi connectivity index (χ3v) is 13.2. The van der Waals surface area contributed by atoms with Crippen molar-refractivity contribution in [1.82, 2.24) is 0 Å². The molecule has 9 rings (SSSR count). The summed E-state index contributed by atoms with van der Waals surface area (Å²) in [6, 6.07) is 20.8. The predicted molar refractivity (Wildman–Crippen MR) is 241 cm³/mol. The number of aryl methyl sites for hydroxylation is 2. The number of aliphatic hydroxyl groups excluding tert-OH is 1. The molecule has 0 radical (unpaired) electrons. The molecular weight excluding hydrogens is 747 g/mol. The zero-order valence-electron chi connectivity index (χ0n) is 35.4. The molecule has 60 heavy (non-hydrogen) atoms. The number of anilines is 1. The lowest BCUT2D eigenvalue weighted by atomic mass is 9.73. The summed E-state index contributed by atoms with van der Waals surface area (Å²) in [6.07, 6.45) is 22.3. The smallest absolute Gasteiger partial charge is 0.161 e. The molecule has 6 bridgehead atoms. The van der Waals surface area contributed by atoms with Crippen LogP contribution in [0.15, 0.2) is 90.7 Å². The third kappa shape index (κ3) is 8.94. The van der Waals surface area contributed by atoms with Gasteiger partial charge in [0.1, 0.15) is 36.1 Å². The second-order valence-corrected chi connectivity index (χ2v) is 17.3. The highest BCUT2D eigenvalue weighted by molar-refractivity contribution is 6.01. The average molecular weight is 806 g/mol. The molecular formula is C53H59NO6. The number of unbranched alkanes of at least 4 members (excludes halogenated alkanes) is 1. The number of fused-ring (bicyclic) bond motifs is 8. The van der Waals surface area contributed by atoms with Crippen LogP contribution in [0.2, 0.25) is 0 Å². The Labute approximate surface area is 355 Å². The molecule has 2 heterocycles. The first-order chi connectivity index (χ1) is 29.2. The van der Waals surface area contributed by atoms with Crippen LogP contribution in [0.4, 0.5) is 5.69 Å². The van der Waals surface area contributed by atoms with Crippen LogP contribution >= 0.6 is 0 Å². The minimum Gasteiger partial charge on any atom is -0.508 e. The summed E-state index contributed by atoms with van der Waals surface area (Å²) < 4.78 is 18.8. The van der Waals surface area contributed by atoms with Crippen LogP contribution in [0.1, 0.15) is 117 Å². The van der Waals surface area contributed by atoms with Gasteiger partial charge >= 0.3 is 0 Å². The third-order valence-electron chi connectivity index (χ3n) is 13.2. The molecule has 0 saturated heterocycles. The Kier molecular flexibility index (Phi) is 12.6. The number of rotatable bonds is 10. The van der Waals surface area contributed by atoms with E-state index < -0.39 is 11.5 Å². The lowest BCUT2D eigenvalue weighted by Crippen LogP contribution is -2.25. The molecule has 1 saturated carbocycles. The van der Waals surface area contributed by atoms with Crippen molar-refractivity contribution in [2.45, 2.75) is 115 Å². The van der Waals surface area contributed by atoms with E-state index in [2.05, 4.69) is 85.8 Å². The number of methoxy groups -OCH3 is 1. The SMILES string of the molecule is CCNc1cccc(CCCCC2C=CC(O)=CC2CC2CC(=O)CCc3ccc(OC)c(c3)OCc3ccc4c(c(O)cc5c4c3C=CC5C)C3(C#CO2)CCCC3)c1. The number of hydrogen-bond acceptors (Lipinski definition) is 7. The molecule has 1 spiro atoms. The van der Waals surface area contributed by atoms with Gasteiger partial charge in [-0.25, -0.2) is 0 Å². The Hall–Kier alpha value is -5.61. The highest BCUT2D eigenvalue weighted by Crippen LogP contribution is 2.51. The van der Waals surface area contributed by atoms with Crippen LogP contribution in [0.5, 0.6) is 17.2 Å². The van der Waals surface area contributed by atoms with E-state index in [-0.39, 0.29) is 41.5 Å². The largest absolute Gasteiger partial charge is 0.508 e. The highest BCUT2D eigenvalue weighted by Gasteiger charge is 2.39. The molecule has 3 N–H and O–H groups in total. The summed E-state index contributed by atoms with van der Waals surface area (Å²) >= 11 is 0. The van der Waals surface area contributed by atoms with Gasteiger partial charge in [0.25, 0.3) is 0 Å². The van der Waals surface area contributed by atoms with Crippen LogP contribution in [-0.4, -0.2) is 35.8 Å². The second-order valence-electron chi connectivity index (χ2n) is 17.3.